The summed E-state index contributed by atoms with van der Waals surface area (Å²) in [5, 5.41) is 0. The molecule has 1 aliphatic carbocycles. The summed E-state index contributed by atoms with van der Waals surface area (Å²) in [5.74, 6) is 0.793. The number of carbonyl (C=O) groups is 1. The third-order valence-corrected chi connectivity index (χ3v) is 5.13. The Morgan fingerprint density at radius 1 is 1.47 bits per heavy atom. The molecular formula is C15H29N3O. The third kappa shape index (κ3) is 3.29. The maximum absolute atomic E-state index is 12.4. The monoisotopic (exact) mass is 267 g/mol. The number of nitrogens with zero attached hydrogens (tertiary/aromatic N) is 2. The van der Waals surface area contributed by atoms with Crippen LogP contribution in [-0.4, -0.2) is 54.0 Å². The summed E-state index contributed by atoms with van der Waals surface area (Å²) < 4.78 is 0. The predicted molar refractivity (Wildman–Crippen MR) is 77.8 cm³/mol. The van der Waals surface area contributed by atoms with Crippen molar-refractivity contribution < 1.29 is 4.79 Å². The van der Waals surface area contributed by atoms with Crippen LogP contribution in [0, 0.1) is 5.92 Å². The van der Waals surface area contributed by atoms with Gasteiger partial charge in [0.2, 0.25) is 5.91 Å². The van der Waals surface area contributed by atoms with E-state index in [1.165, 1.54) is 6.42 Å². The number of piperidine rings is 1. The number of nitrogens with two attached hydrogens (primary N) is 1. The van der Waals surface area contributed by atoms with Crippen LogP contribution >= 0.6 is 0 Å². The Balaban J connectivity index is 1.88. The van der Waals surface area contributed by atoms with Crippen molar-refractivity contribution in [1.82, 2.24) is 9.80 Å². The number of rotatable bonds is 4. The van der Waals surface area contributed by atoms with Crippen molar-refractivity contribution in [1.29, 1.82) is 0 Å². The maximum Gasteiger partial charge on any atom is 0.224 e. The molecule has 4 heteroatoms. The van der Waals surface area contributed by atoms with Gasteiger partial charge in [-0.25, -0.2) is 0 Å². The molecule has 2 rings (SSSR count). The summed E-state index contributed by atoms with van der Waals surface area (Å²) in [6.07, 6.45) is 4.82. The number of carbonyl (C=O) groups excluding carboxylic acids is 1. The first-order chi connectivity index (χ1) is 8.95. The minimum Gasteiger partial charge on any atom is -0.342 e. The molecule has 2 fully saturated rings. The number of likely N-dealkylation sites (tertiary alicyclic amines) is 1. The lowest BCUT2D eigenvalue weighted by atomic mass is 9.75. The molecule has 2 aliphatic rings. The van der Waals surface area contributed by atoms with Crippen LogP contribution in [0.5, 0.6) is 0 Å². The van der Waals surface area contributed by atoms with Gasteiger partial charge in [-0.3, -0.25) is 4.79 Å². The summed E-state index contributed by atoms with van der Waals surface area (Å²) in [5.41, 5.74) is 6.00. The van der Waals surface area contributed by atoms with Crippen LogP contribution in [0.3, 0.4) is 0 Å². The molecule has 0 unspecified atom stereocenters. The molecule has 0 bridgehead atoms. The fraction of sp³-hybridized carbons (Fsp3) is 0.933. The summed E-state index contributed by atoms with van der Waals surface area (Å²) >= 11 is 0. The van der Waals surface area contributed by atoms with Gasteiger partial charge in [0, 0.05) is 38.1 Å². The molecule has 0 radical (unpaired) electrons. The number of amides is 1. The molecule has 0 aromatic heterocycles. The zero-order valence-corrected chi connectivity index (χ0v) is 12.7. The second-order valence-electron chi connectivity index (χ2n) is 6.62. The molecule has 0 aromatic rings. The second-order valence-corrected chi connectivity index (χ2v) is 6.62. The van der Waals surface area contributed by atoms with Gasteiger partial charge in [0.1, 0.15) is 0 Å². The highest BCUT2D eigenvalue weighted by Gasteiger charge is 2.38. The normalized spacial score (nSPS) is 30.7. The van der Waals surface area contributed by atoms with Crippen LogP contribution in [0.15, 0.2) is 0 Å². The number of hydrogen-bond acceptors (Lipinski definition) is 3. The van der Waals surface area contributed by atoms with E-state index in [0.29, 0.717) is 18.4 Å². The minimum atomic E-state index is -0.196. The van der Waals surface area contributed by atoms with Crippen LogP contribution in [0.25, 0.3) is 0 Å². The minimum absolute atomic E-state index is 0.196. The molecule has 0 spiro atoms. The lowest BCUT2D eigenvalue weighted by Gasteiger charge is -2.43. The zero-order valence-electron chi connectivity index (χ0n) is 12.7. The molecule has 4 nitrogen and oxygen atoms in total. The molecule has 19 heavy (non-hydrogen) atoms. The molecular weight excluding hydrogens is 238 g/mol. The molecule has 1 saturated heterocycles. The van der Waals surface area contributed by atoms with Gasteiger partial charge in [-0.05, 0) is 38.1 Å². The van der Waals surface area contributed by atoms with Gasteiger partial charge in [0.05, 0.1) is 0 Å². The Hall–Kier alpha value is -0.610. The predicted octanol–water partition coefficient (Wildman–Crippen LogP) is 1.45. The van der Waals surface area contributed by atoms with E-state index in [0.717, 1.165) is 38.9 Å². The molecule has 2 atom stereocenters. The van der Waals surface area contributed by atoms with Crippen molar-refractivity contribution >= 4 is 5.91 Å². The van der Waals surface area contributed by atoms with E-state index in [2.05, 4.69) is 18.7 Å². The average molecular weight is 267 g/mol. The van der Waals surface area contributed by atoms with Crippen LogP contribution in [-0.2, 0) is 4.79 Å². The van der Waals surface area contributed by atoms with E-state index in [-0.39, 0.29) is 11.4 Å². The molecule has 110 valence electrons. The SMILES string of the molecule is CCN1CC[C@@H](N(C)C(=O)CC2(N)CCC2)[C@@H](C)C1. The van der Waals surface area contributed by atoms with Crippen LogP contribution in [0.4, 0.5) is 0 Å². The Morgan fingerprint density at radius 2 is 2.16 bits per heavy atom. The molecule has 2 N–H and O–H groups in total. The maximum atomic E-state index is 12.4. The summed E-state index contributed by atoms with van der Waals surface area (Å²) in [6, 6.07) is 0.388. The lowest BCUT2D eigenvalue weighted by molar-refractivity contribution is -0.136. The zero-order chi connectivity index (χ0) is 14.0. The summed E-state index contributed by atoms with van der Waals surface area (Å²) in [7, 11) is 1.97. The smallest absolute Gasteiger partial charge is 0.224 e. The van der Waals surface area contributed by atoms with E-state index < -0.39 is 0 Å². The van der Waals surface area contributed by atoms with Crippen LogP contribution in [0.1, 0.15) is 46.0 Å². The average Bonchev–Trinajstić information content (AvgIpc) is 2.35. The first-order valence-corrected chi connectivity index (χ1v) is 7.72. The lowest BCUT2D eigenvalue weighted by Crippen LogP contribution is -2.54. The van der Waals surface area contributed by atoms with Gasteiger partial charge in [-0.15, -0.1) is 0 Å². The fourth-order valence-corrected chi connectivity index (χ4v) is 3.50. The quantitative estimate of drug-likeness (QED) is 0.838. The van der Waals surface area contributed by atoms with Crippen LogP contribution in [0.2, 0.25) is 0 Å². The number of hydrogen-bond donors (Lipinski definition) is 1. The van der Waals surface area contributed by atoms with E-state index in [1.807, 2.05) is 11.9 Å². The second kappa shape index (κ2) is 5.80. The Bertz CT molecular complexity index is 327. The molecule has 0 aromatic carbocycles. The van der Waals surface area contributed by atoms with Crippen molar-refractivity contribution in [3.05, 3.63) is 0 Å². The van der Waals surface area contributed by atoms with Crippen molar-refractivity contribution in [3.63, 3.8) is 0 Å². The van der Waals surface area contributed by atoms with Crippen molar-refractivity contribution in [3.8, 4) is 0 Å². The molecule has 1 saturated carbocycles. The standard InChI is InChI=1S/C15H29N3O/c1-4-18-9-6-13(12(2)11-18)17(3)14(19)10-15(16)7-5-8-15/h12-13H,4-11,16H2,1-3H3/t12-,13+/m0/s1. The van der Waals surface area contributed by atoms with E-state index in [4.69, 9.17) is 5.73 Å². The fourth-order valence-electron chi connectivity index (χ4n) is 3.50. The topological polar surface area (TPSA) is 49.6 Å². The van der Waals surface area contributed by atoms with Crippen molar-refractivity contribution in [2.45, 2.75) is 57.5 Å². The highest BCUT2D eigenvalue weighted by molar-refractivity contribution is 5.77. The van der Waals surface area contributed by atoms with Crippen molar-refractivity contribution in [2.75, 3.05) is 26.7 Å². The first-order valence-electron chi connectivity index (χ1n) is 7.72. The van der Waals surface area contributed by atoms with E-state index >= 15 is 0 Å². The van der Waals surface area contributed by atoms with Crippen molar-refractivity contribution in [2.24, 2.45) is 11.7 Å². The van der Waals surface area contributed by atoms with Gasteiger partial charge >= 0.3 is 0 Å². The van der Waals surface area contributed by atoms with Gasteiger partial charge in [-0.2, -0.15) is 0 Å². The van der Waals surface area contributed by atoms with Gasteiger partial charge in [0.15, 0.2) is 0 Å². The largest absolute Gasteiger partial charge is 0.342 e. The van der Waals surface area contributed by atoms with Gasteiger partial charge in [-0.1, -0.05) is 13.8 Å². The molecule has 1 amide bonds. The van der Waals surface area contributed by atoms with Crippen LogP contribution < -0.4 is 5.73 Å². The Morgan fingerprint density at radius 3 is 2.63 bits per heavy atom. The highest BCUT2D eigenvalue weighted by Crippen LogP contribution is 2.33. The first kappa shape index (κ1) is 14.8. The van der Waals surface area contributed by atoms with Gasteiger partial charge in [0.25, 0.3) is 0 Å². The van der Waals surface area contributed by atoms with Gasteiger partial charge < -0.3 is 15.5 Å². The van der Waals surface area contributed by atoms with E-state index in [9.17, 15) is 4.79 Å². The van der Waals surface area contributed by atoms with E-state index in [1.54, 1.807) is 0 Å². The molecule has 1 heterocycles. The summed E-state index contributed by atoms with van der Waals surface area (Å²) in [4.78, 5) is 16.8. The highest BCUT2D eigenvalue weighted by atomic mass is 16.2. The summed E-state index contributed by atoms with van der Waals surface area (Å²) in [6.45, 7) is 7.79. The third-order valence-electron chi connectivity index (χ3n) is 5.13. The Kier molecular flexibility index (Phi) is 4.51. The molecule has 1 aliphatic heterocycles. The Labute approximate surface area is 117 Å².